The summed E-state index contributed by atoms with van der Waals surface area (Å²) in [7, 11) is 0. The first-order chi connectivity index (χ1) is 12.0. The summed E-state index contributed by atoms with van der Waals surface area (Å²) >= 11 is 0. The van der Waals surface area contributed by atoms with Crippen LogP contribution in [0.3, 0.4) is 0 Å². The van der Waals surface area contributed by atoms with Gasteiger partial charge in [-0.25, -0.2) is 0 Å². The maximum absolute atomic E-state index is 13.1. The third-order valence-electron chi connectivity index (χ3n) is 4.81. The summed E-state index contributed by atoms with van der Waals surface area (Å²) < 4.78 is 0. The number of hydrogen-bond donors (Lipinski definition) is 0. The Kier molecular flexibility index (Phi) is 4.88. The van der Waals surface area contributed by atoms with E-state index in [-0.39, 0.29) is 24.2 Å². The molecule has 0 aliphatic carbocycles. The summed E-state index contributed by atoms with van der Waals surface area (Å²) in [6.07, 6.45) is 0.273. The van der Waals surface area contributed by atoms with E-state index in [1.807, 2.05) is 69.3 Å². The van der Waals surface area contributed by atoms with Crippen LogP contribution >= 0.6 is 0 Å². The second kappa shape index (κ2) is 7.09. The molecule has 1 atom stereocenters. The lowest BCUT2D eigenvalue weighted by molar-refractivity contribution is -0.124. The van der Waals surface area contributed by atoms with Gasteiger partial charge in [0.15, 0.2) is 0 Å². The maximum Gasteiger partial charge on any atom is 0.232 e. The van der Waals surface area contributed by atoms with E-state index in [4.69, 9.17) is 0 Å². The van der Waals surface area contributed by atoms with Gasteiger partial charge < -0.3 is 9.80 Å². The highest BCUT2D eigenvalue weighted by atomic mass is 16.2. The van der Waals surface area contributed by atoms with Gasteiger partial charge >= 0.3 is 0 Å². The molecule has 0 aromatic heterocycles. The van der Waals surface area contributed by atoms with Crippen molar-refractivity contribution in [1.82, 2.24) is 0 Å². The van der Waals surface area contributed by atoms with E-state index in [0.717, 1.165) is 22.5 Å². The highest BCUT2D eigenvalue weighted by molar-refractivity contribution is 6.04. The fourth-order valence-electron chi connectivity index (χ4n) is 3.38. The molecule has 0 saturated carbocycles. The van der Waals surface area contributed by atoms with Crippen molar-refractivity contribution < 1.29 is 9.59 Å². The highest BCUT2D eigenvalue weighted by Crippen LogP contribution is 2.29. The van der Waals surface area contributed by atoms with Crippen LogP contribution in [-0.4, -0.2) is 24.9 Å². The Bertz CT molecular complexity index is 783. The standard InChI is InChI=1S/C21H24N2O2/c1-4-22(19-8-6-5-7-16(19)3)21(25)17-13-20(24)23(14-17)18-11-9-15(2)10-12-18/h5-12,17H,4,13-14H2,1-3H3. The Morgan fingerprint density at radius 1 is 1.12 bits per heavy atom. The van der Waals surface area contributed by atoms with E-state index in [1.54, 1.807) is 9.80 Å². The molecule has 2 aromatic carbocycles. The highest BCUT2D eigenvalue weighted by Gasteiger charge is 2.37. The number of para-hydroxylation sites is 1. The van der Waals surface area contributed by atoms with Crippen LogP contribution < -0.4 is 9.80 Å². The number of carbonyl (C=O) groups is 2. The van der Waals surface area contributed by atoms with Gasteiger partial charge in [-0.05, 0) is 44.5 Å². The van der Waals surface area contributed by atoms with Gasteiger partial charge in [0.2, 0.25) is 11.8 Å². The minimum atomic E-state index is -0.298. The molecule has 0 radical (unpaired) electrons. The van der Waals surface area contributed by atoms with Gasteiger partial charge in [-0.3, -0.25) is 9.59 Å². The van der Waals surface area contributed by atoms with Crippen LogP contribution in [0.2, 0.25) is 0 Å². The topological polar surface area (TPSA) is 40.6 Å². The zero-order valence-corrected chi connectivity index (χ0v) is 15.0. The summed E-state index contributed by atoms with van der Waals surface area (Å²) in [5.41, 5.74) is 4.01. The van der Waals surface area contributed by atoms with Crippen molar-refractivity contribution >= 4 is 23.2 Å². The monoisotopic (exact) mass is 336 g/mol. The number of carbonyl (C=O) groups excluding carboxylic acids is 2. The van der Waals surface area contributed by atoms with Gasteiger partial charge in [-0.2, -0.15) is 0 Å². The van der Waals surface area contributed by atoms with Gasteiger partial charge in [0.1, 0.15) is 0 Å². The van der Waals surface area contributed by atoms with Crippen molar-refractivity contribution in [2.24, 2.45) is 5.92 Å². The third-order valence-corrected chi connectivity index (χ3v) is 4.81. The van der Waals surface area contributed by atoms with Crippen molar-refractivity contribution in [3.63, 3.8) is 0 Å². The first-order valence-corrected chi connectivity index (χ1v) is 8.75. The first kappa shape index (κ1) is 17.2. The van der Waals surface area contributed by atoms with Crippen molar-refractivity contribution in [3.05, 3.63) is 59.7 Å². The lowest BCUT2D eigenvalue weighted by Crippen LogP contribution is -2.37. The van der Waals surface area contributed by atoms with E-state index in [9.17, 15) is 9.59 Å². The molecule has 2 amide bonds. The van der Waals surface area contributed by atoms with Gasteiger partial charge in [0.05, 0.1) is 5.92 Å². The molecule has 0 bridgehead atoms. The van der Waals surface area contributed by atoms with Crippen LogP contribution in [-0.2, 0) is 9.59 Å². The quantitative estimate of drug-likeness (QED) is 0.854. The van der Waals surface area contributed by atoms with E-state index in [0.29, 0.717) is 13.1 Å². The fourth-order valence-corrected chi connectivity index (χ4v) is 3.38. The average molecular weight is 336 g/mol. The zero-order valence-electron chi connectivity index (χ0n) is 15.0. The molecule has 0 spiro atoms. The van der Waals surface area contributed by atoms with E-state index >= 15 is 0 Å². The number of rotatable bonds is 4. The molecule has 1 fully saturated rings. The second-order valence-electron chi connectivity index (χ2n) is 6.61. The normalized spacial score (nSPS) is 17.0. The smallest absolute Gasteiger partial charge is 0.232 e. The molecule has 1 aliphatic heterocycles. The zero-order chi connectivity index (χ0) is 18.0. The SMILES string of the molecule is CCN(C(=O)C1CC(=O)N(c2ccc(C)cc2)C1)c1ccccc1C. The Morgan fingerprint density at radius 3 is 2.44 bits per heavy atom. The molecule has 0 N–H and O–H groups in total. The van der Waals surface area contributed by atoms with Gasteiger partial charge in [-0.15, -0.1) is 0 Å². The lowest BCUT2D eigenvalue weighted by Gasteiger charge is -2.26. The van der Waals surface area contributed by atoms with Crippen molar-refractivity contribution in [3.8, 4) is 0 Å². The molecule has 1 aliphatic rings. The molecule has 3 rings (SSSR count). The van der Waals surface area contributed by atoms with Crippen molar-refractivity contribution in [2.75, 3.05) is 22.9 Å². The van der Waals surface area contributed by atoms with Crippen LogP contribution in [0.15, 0.2) is 48.5 Å². The van der Waals surface area contributed by atoms with E-state index in [2.05, 4.69) is 0 Å². The van der Waals surface area contributed by atoms with E-state index < -0.39 is 0 Å². The van der Waals surface area contributed by atoms with Crippen LogP contribution in [0.4, 0.5) is 11.4 Å². The Labute approximate surface area is 149 Å². The molecule has 1 unspecified atom stereocenters. The molecular weight excluding hydrogens is 312 g/mol. The minimum absolute atomic E-state index is 0.0167. The molecule has 1 heterocycles. The molecule has 4 nitrogen and oxygen atoms in total. The predicted octanol–water partition coefficient (Wildman–Crippen LogP) is 3.71. The predicted molar refractivity (Wildman–Crippen MR) is 101 cm³/mol. The summed E-state index contributed by atoms with van der Waals surface area (Å²) in [6, 6.07) is 15.7. The molecule has 130 valence electrons. The van der Waals surface area contributed by atoms with Crippen LogP contribution in [0.1, 0.15) is 24.5 Å². The number of aryl methyl sites for hydroxylation is 2. The number of hydrogen-bond acceptors (Lipinski definition) is 2. The molecule has 4 heteroatoms. The molecule has 1 saturated heterocycles. The summed E-state index contributed by atoms with van der Waals surface area (Å²) in [5, 5.41) is 0. The molecule has 25 heavy (non-hydrogen) atoms. The van der Waals surface area contributed by atoms with Crippen LogP contribution in [0.25, 0.3) is 0 Å². The molecular formula is C21H24N2O2. The van der Waals surface area contributed by atoms with Gasteiger partial charge in [0.25, 0.3) is 0 Å². The number of anilines is 2. The lowest BCUT2D eigenvalue weighted by atomic mass is 10.1. The third kappa shape index (κ3) is 3.43. The Morgan fingerprint density at radius 2 is 1.80 bits per heavy atom. The largest absolute Gasteiger partial charge is 0.312 e. The second-order valence-corrected chi connectivity index (χ2v) is 6.61. The van der Waals surface area contributed by atoms with Crippen molar-refractivity contribution in [1.29, 1.82) is 0 Å². The fraction of sp³-hybridized carbons (Fsp3) is 0.333. The van der Waals surface area contributed by atoms with Gasteiger partial charge in [0, 0.05) is 30.9 Å². The Hall–Kier alpha value is -2.62. The minimum Gasteiger partial charge on any atom is -0.312 e. The van der Waals surface area contributed by atoms with Crippen LogP contribution in [0.5, 0.6) is 0 Å². The van der Waals surface area contributed by atoms with Crippen molar-refractivity contribution in [2.45, 2.75) is 27.2 Å². The first-order valence-electron chi connectivity index (χ1n) is 8.75. The van der Waals surface area contributed by atoms with Crippen LogP contribution in [0, 0.1) is 19.8 Å². The molecule has 2 aromatic rings. The van der Waals surface area contributed by atoms with E-state index in [1.165, 1.54) is 0 Å². The summed E-state index contributed by atoms with van der Waals surface area (Å²) in [4.78, 5) is 29.0. The number of amides is 2. The summed E-state index contributed by atoms with van der Waals surface area (Å²) in [6.45, 7) is 7.04. The maximum atomic E-state index is 13.1. The van der Waals surface area contributed by atoms with Gasteiger partial charge in [-0.1, -0.05) is 35.9 Å². The average Bonchev–Trinajstić information content (AvgIpc) is 2.99. The number of nitrogens with zero attached hydrogens (tertiary/aromatic N) is 2. The Balaban J connectivity index is 1.80. The summed E-state index contributed by atoms with van der Waals surface area (Å²) in [5.74, 6) is -0.254. The number of benzene rings is 2.